The Balaban J connectivity index is 2.49. The highest BCUT2D eigenvalue weighted by molar-refractivity contribution is 5.91. The SMILES string of the molecule is CC1OC(=O)c2ccoc2C1C. The molecular formula is C9H10O3. The fraction of sp³-hybridized carbons (Fsp3) is 0.444. The molecular weight excluding hydrogens is 156 g/mol. The normalized spacial score (nSPS) is 28.0. The van der Waals surface area contributed by atoms with Crippen molar-refractivity contribution in [1.29, 1.82) is 0 Å². The largest absolute Gasteiger partial charge is 0.468 e. The minimum atomic E-state index is -0.274. The summed E-state index contributed by atoms with van der Waals surface area (Å²) in [6, 6.07) is 1.65. The van der Waals surface area contributed by atoms with Gasteiger partial charge in [0, 0.05) is 0 Å². The maximum atomic E-state index is 11.2. The van der Waals surface area contributed by atoms with E-state index in [0.29, 0.717) is 5.56 Å². The van der Waals surface area contributed by atoms with E-state index in [9.17, 15) is 4.79 Å². The van der Waals surface area contributed by atoms with Crippen molar-refractivity contribution in [3.05, 3.63) is 23.7 Å². The number of carbonyl (C=O) groups is 1. The molecule has 3 heteroatoms. The third-order valence-electron chi connectivity index (χ3n) is 2.33. The molecule has 12 heavy (non-hydrogen) atoms. The molecule has 0 bridgehead atoms. The lowest BCUT2D eigenvalue weighted by atomic mass is 9.97. The molecule has 0 saturated carbocycles. The van der Waals surface area contributed by atoms with E-state index in [4.69, 9.17) is 9.15 Å². The van der Waals surface area contributed by atoms with E-state index in [2.05, 4.69) is 0 Å². The summed E-state index contributed by atoms with van der Waals surface area (Å²) in [5.74, 6) is 0.635. The van der Waals surface area contributed by atoms with E-state index in [-0.39, 0.29) is 18.0 Å². The molecule has 1 aliphatic heterocycles. The molecule has 2 heterocycles. The number of rotatable bonds is 0. The highest BCUT2D eigenvalue weighted by Crippen LogP contribution is 2.31. The van der Waals surface area contributed by atoms with Crippen molar-refractivity contribution in [1.82, 2.24) is 0 Å². The van der Waals surface area contributed by atoms with Gasteiger partial charge in [-0.3, -0.25) is 0 Å². The molecule has 0 spiro atoms. The fourth-order valence-electron chi connectivity index (χ4n) is 1.39. The highest BCUT2D eigenvalue weighted by atomic mass is 16.5. The molecule has 0 N–H and O–H groups in total. The Morgan fingerprint density at radius 2 is 2.17 bits per heavy atom. The average molecular weight is 166 g/mol. The summed E-state index contributed by atoms with van der Waals surface area (Å²) in [6.45, 7) is 3.85. The lowest BCUT2D eigenvalue weighted by Gasteiger charge is -2.24. The molecule has 1 aromatic rings. The van der Waals surface area contributed by atoms with Crippen LogP contribution >= 0.6 is 0 Å². The minimum Gasteiger partial charge on any atom is -0.468 e. The first-order valence-electron chi connectivity index (χ1n) is 3.98. The van der Waals surface area contributed by atoms with E-state index in [1.807, 2.05) is 13.8 Å². The van der Waals surface area contributed by atoms with Gasteiger partial charge in [-0.05, 0) is 13.0 Å². The summed E-state index contributed by atoms with van der Waals surface area (Å²) in [7, 11) is 0. The molecule has 0 aromatic carbocycles. The number of fused-ring (bicyclic) bond motifs is 1. The number of cyclic esters (lactones) is 1. The fourth-order valence-corrected chi connectivity index (χ4v) is 1.39. The van der Waals surface area contributed by atoms with Crippen molar-refractivity contribution in [3.8, 4) is 0 Å². The quantitative estimate of drug-likeness (QED) is 0.553. The molecule has 0 fully saturated rings. The van der Waals surface area contributed by atoms with Crippen LogP contribution in [0.1, 0.15) is 35.9 Å². The van der Waals surface area contributed by atoms with Crippen molar-refractivity contribution in [2.45, 2.75) is 25.9 Å². The molecule has 0 saturated heterocycles. The van der Waals surface area contributed by atoms with Gasteiger partial charge in [0.2, 0.25) is 0 Å². The van der Waals surface area contributed by atoms with Crippen molar-refractivity contribution in [2.75, 3.05) is 0 Å². The van der Waals surface area contributed by atoms with Crippen LogP contribution in [-0.4, -0.2) is 12.1 Å². The predicted octanol–water partition coefficient (Wildman–Crippen LogP) is 1.94. The number of carbonyl (C=O) groups excluding carboxylic acids is 1. The van der Waals surface area contributed by atoms with E-state index < -0.39 is 0 Å². The first-order chi connectivity index (χ1) is 5.70. The van der Waals surface area contributed by atoms with Gasteiger partial charge >= 0.3 is 5.97 Å². The molecule has 0 radical (unpaired) electrons. The predicted molar refractivity (Wildman–Crippen MR) is 42.0 cm³/mol. The molecule has 1 aromatic heterocycles. The standard InChI is InChI=1S/C9H10O3/c1-5-6(2)12-9(10)7-3-4-11-8(5)7/h3-6H,1-2H3. The number of ether oxygens (including phenoxy) is 1. The lowest BCUT2D eigenvalue weighted by molar-refractivity contribution is 0.0215. The monoisotopic (exact) mass is 166 g/mol. The van der Waals surface area contributed by atoms with Crippen LogP contribution in [0.4, 0.5) is 0 Å². The van der Waals surface area contributed by atoms with Crippen LogP contribution in [0.25, 0.3) is 0 Å². The Labute approximate surface area is 70.3 Å². The van der Waals surface area contributed by atoms with Gasteiger partial charge in [0.05, 0.1) is 12.2 Å². The van der Waals surface area contributed by atoms with Crippen LogP contribution < -0.4 is 0 Å². The Morgan fingerprint density at radius 1 is 1.42 bits per heavy atom. The zero-order valence-electron chi connectivity index (χ0n) is 7.03. The maximum Gasteiger partial charge on any atom is 0.342 e. The zero-order valence-corrected chi connectivity index (χ0v) is 7.03. The summed E-state index contributed by atoms with van der Waals surface area (Å²) in [6.07, 6.45) is 1.44. The molecule has 2 atom stereocenters. The van der Waals surface area contributed by atoms with Crippen LogP contribution in [0, 0.1) is 0 Å². The van der Waals surface area contributed by atoms with Crippen LogP contribution in [0.15, 0.2) is 16.7 Å². The van der Waals surface area contributed by atoms with Crippen molar-refractivity contribution in [2.24, 2.45) is 0 Å². The third-order valence-corrected chi connectivity index (χ3v) is 2.33. The Kier molecular flexibility index (Phi) is 1.46. The Hall–Kier alpha value is -1.25. The molecule has 2 unspecified atom stereocenters. The number of furan rings is 1. The summed E-state index contributed by atoms with van der Waals surface area (Å²) in [4.78, 5) is 11.2. The molecule has 1 aliphatic rings. The Morgan fingerprint density at radius 3 is 2.92 bits per heavy atom. The number of hydrogen-bond acceptors (Lipinski definition) is 3. The molecule has 0 aliphatic carbocycles. The number of esters is 1. The Bertz CT molecular complexity index is 313. The minimum absolute atomic E-state index is 0.0869. The third kappa shape index (κ3) is 0.858. The van der Waals surface area contributed by atoms with Crippen LogP contribution in [0.3, 0.4) is 0 Å². The lowest BCUT2D eigenvalue weighted by Crippen LogP contribution is -2.27. The molecule has 3 nitrogen and oxygen atoms in total. The van der Waals surface area contributed by atoms with Gasteiger partial charge in [-0.25, -0.2) is 4.79 Å². The summed E-state index contributed by atoms with van der Waals surface area (Å²) in [5, 5.41) is 0. The molecule has 2 rings (SSSR count). The van der Waals surface area contributed by atoms with Gasteiger partial charge < -0.3 is 9.15 Å². The van der Waals surface area contributed by atoms with Crippen molar-refractivity contribution < 1.29 is 13.9 Å². The highest BCUT2D eigenvalue weighted by Gasteiger charge is 2.32. The van der Waals surface area contributed by atoms with Gasteiger partial charge in [-0.2, -0.15) is 0 Å². The van der Waals surface area contributed by atoms with E-state index in [1.165, 1.54) is 6.26 Å². The average Bonchev–Trinajstić information content (AvgIpc) is 2.48. The summed E-state index contributed by atoms with van der Waals surface area (Å²) < 4.78 is 10.3. The smallest absolute Gasteiger partial charge is 0.342 e. The topological polar surface area (TPSA) is 39.4 Å². The van der Waals surface area contributed by atoms with E-state index in [0.717, 1.165) is 5.76 Å². The number of hydrogen-bond donors (Lipinski definition) is 0. The summed E-state index contributed by atoms with van der Waals surface area (Å²) >= 11 is 0. The van der Waals surface area contributed by atoms with Gasteiger partial charge in [-0.15, -0.1) is 0 Å². The van der Waals surface area contributed by atoms with Crippen LogP contribution in [0.5, 0.6) is 0 Å². The van der Waals surface area contributed by atoms with E-state index in [1.54, 1.807) is 6.07 Å². The van der Waals surface area contributed by atoms with Crippen molar-refractivity contribution >= 4 is 5.97 Å². The second kappa shape index (κ2) is 2.37. The van der Waals surface area contributed by atoms with Crippen molar-refractivity contribution in [3.63, 3.8) is 0 Å². The van der Waals surface area contributed by atoms with Gasteiger partial charge in [0.1, 0.15) is 17.4 Å². The summed E-state index contributed by atoms with van der Waals surface area (Å²) in [5.41, 5.74) is 0.570. The first-order valence-corrected chi connectivity index (χ1v) is 3.98. The maximum absolute atomic E-state index is 11.2. The molecule has 0 amide bonds. The first kappa shape index (κ1) is 7.40. The molecule has 64 valence electrons. The van der Waals surface area contributed by atoms with Crippen LogP contribution in [0.2, 0.25) is 0 Å². The zero-order chi connectivity index (χ0) is 8.72. The van der Waals surface area contributed by atoms with Gasteiger partial charge in [0.15, 0.2) is 0 Å². The second-order valence-electron chi connectivity index (χ2n) is 3.10. The van der Waals surface area contributed by atoms with Crippen LogP contribution in [-0.2, 0) is 4.74 Å². The van der Waals surface area contributed by atoms with E-state index >= 15 is 0 Å². The van der Waals surface area contributed by atoms with Gasteiger partial charge in [-0.1, -0.05) is 6.92 Å². The second-order valence-corrected chi connectivity index (χ2v) is 3.10. The van der Waals surface area contributed by atoms with Gasteiger partial charge in [0.25, 0.3) is 0 Å².